The van der Waals surface area contributed by atoms with E-state index in [4.69, 9.17) is 11.6 Å². The normalized spacial score (nSPS) is 17.2. The van der Waals surface area contributed by atoms with Crippen LogP contribution in [0.15, 0.2) is 48.5 Å². The van der Waals surface area contributed by atoms with E-state index in [0.717, 1.165) is 16.7 Å². The van der Waals surface area contributed by atoms with E-state index < -0.39 is 6.04 Å². The van der Waals surface area contributed by atoms with Gasteiger partial charge in [0.2, 0.25) is 11.8 Å². The van der Waals surface area contributed by atoms with Gasteiger partial charge in [-0.2, -0.15) is 0 Å². The SMILES string of the molecule is CC(C)CC(=O)N1Cc2ccccc2CC1C(=O)NC(C)c1cccc(Cl)c1. The highest BCUT2D eigenvalue weighted by Gasteiger charge is 2.35. The van der Waals surface area contributed by atoms with Crippen molar-refractivity contribution < 1.29 is 9.59 Å². The molecule has 0 aliphatic carbocycles. The number of benzene rings is 2. The summed E-state index contributed by atoms with van der Waals surface area (Å²) < 4.78 is 0. The van der Waals surface area contributed by atoms with E-state index in [1.54, 1.807) is 4.90 Å². The highest BCUT2D eigenvalue weighted by Crippen LogP contribution is 2.26. The molecule has 3 rings (SSSR count). The summed E-state index contributed by atoms with van der Waals surface area (Å²) in [6, 6.07) is 14.8. The molecule has 28 heavy (non-hydrogen) atoms. The van der Waals surface area contributed by atoms with Gasteiger partial charge in [-0.3, -0.25) is 9.59 Å². The van der Waals surface area contributed by atoms with Crippen LogP contribution in [0.25, 0.3) is 0 Å². The van der Waals surface area contributed by atoms with Gasteiger partial charge in [-0.15, -0.1) is 0 Å². The second-order valence-electron chi connectivity index (χ2n) is 7.89. The number of hydrogen-bond donors (Lipinski definition) is 1. The maximum absolute atomic E-state index is 13.1. The summed E-state index contributed by atoms with van der Waals surface area (Å²) in [5.41, 5.74) is 3.19. The number of carbonyl (C=O) groups is 2. The highest BCUT2D eigenvalue weighted by molar-refractivity contribution is 6.30. The first kappa shape index (κ1) is 20.4. The first-order valence-corrected chi connectivity index (χ1v) is 10.1. The molecule has 4 nitrogen and oxygen atoms in total. The van der Waals surface area contributed by atoms with Crippen LogP contribution >= 0.6 is 11.6 Å². The van der Waals surface area contributed by atoms with Gasteiger partial charge in [0.1, 0.15) is 6.04 Å². The Morgan fingerprint density at radius 1 is 1.11 bits per heavy atom. The molecule has 0 aromatic heterocycles. The fourth-order valence-electron chi connectivity index (χ4n) is 3.65. The fraction of sp³-hybridized carbons (Fsp3) is 0.391. The fourth-order valence-corrected chi connectivity index (χ4v) is 3.85. The number of amides is 2. The van der Waals surface area contributed by atoms with Crippen molar-refractivity contribution in [2.24, 2.45) is 5.92 Å². The Labute approximate surface area is 171 Å². The highest BCUT2D eigenvalue weighted by atomic mass is 35.5. The summed E-state index contributed by atoms with van der Waals surface area (Å²) in [4.78, 5) is 27.7. The molecule has 1 aliphatic rings. The summed E-state index contributed by atoms with van der Waals surface area (Å²) in [6.07, 6.45) is 0.976. The lowest BCUT2D eigenvalue weighted by atomic mass is 9.92. The van der Waals surface area contributed by atoms with Crippen LogP contribution in [0.2, 0.25) is 5.02 Å². The molecule has 5 heteroatoms. The van der Waals surface area contributed by atoms with Gasteiger partial charge in [-0.05, 0) is 41.7 Å². The predicted octanol–water partition coefficient (Wildman–Crippen LogP) is 4.52. The van der Waals surface area contributed by atoms with Crippen molar-refractivity contribution in [3.63, 3.8) is 0 Å². The Bertz CT molecular complexity index is 865. The maximum atomic E-state index is 13.1. The number of carbonyl (C=O) groups excluding carboxylic acids is 2. The average Bonchev–Trinajstić information content (AvgIpc) is 2.66. The molecule has 0 saturated carbocycles. The third-order valence-electron chi connectivity index (χ3n) is 5.16. The smallest absolute Gasteiger partial charge is 0.243 e. The molecule has 2 amide bonds. The molecule has 148 valence electrons. The van der Waals surface area contributed by atoms with Gasteiger partial charge in [0.25, 0.3) is 0 Å². The quantitative estimate of drug-likeness (QED) is 0.805. The Hall–Kier alpha value is -2.33. The van der Waals surface area contributed by atoms with Crippen LogP contribution in [0, 0.1) is 5.92 Å². The number of rotatable bonds is 5. The Morgan fingerprint density at radius 3 is 2.50 bits per heavy atom. The minimum absolute atomic E-state index is 0.0278. The molecule has 2 atom stereocenters. The lowest BCUT2D eigenvalue weighted by Gasteiger charge is -2.37. The molecule has 2 aromatic carbocycles. The second kappa shape index (κ2) is 8.78. The molecule has 1 heterocycles. The number of hydrogen-bond acceptors (Lipinski definition) is 2. The largest absolute Gasteiger partial charge is 0.348 e. The molecule has 0 fully saturated rings. The Kier molecular flexibility index (Phi) is 6.40. The standard InChI is InChI=1S/C23H27ClN2O2/c1-15(2)11-22(27)26-14-19-8-5-4-7-18(19)13-21(26)23(28)25-16(3)17-9-6-10-20(24)12-17/h4-10,12,15-16,21H,11,13-14H2,1-3H3,(H,25,28). The molecule has 0 saturated heterocycles. The van der Waals surface area contributed by atoms with Crippen LogP contribution in [0.3, 0.4) is 0 Å². The van der Waals surface area contributed by atoms with Crippen LogP contribution in [0.1, 0.15) is 49.9 Å². The Balaban J connectivity index is 1.81. The van der Waals surface area contributed by atoms with Crippen molar-refractivity contribution in [1.82, 2.24) is 10.2 Å². The van der Waals surface area contributed by atoms with E-state index in [9.17, 15) is 9.59 Å². The van der Waals surface area contributed by atoms with Gasteiger partial charge in [-0.25, -0.2) is 0 Å². The molecule has 2 aromatic rings. The number of halogens is 1. The maximum Gasteiger partial charge on any atom is 0.243 e. The summed E-state index contributed by atoms with van der Waals surface area (Å²) in [6.45, 7) is 6.45. The van der Waals surface area contributed by atoms with E-state index in [1.807, 2.05) is 69.3 Å². The van der Waals surface area contributed by atoms with Crippen molar-refractivity contribution in [2.45, 2.75) is 52.2 Å². The van der Waals surface area contributed by atoms with Crippen molar-refractivity contribution in [3.8, 4) is 0 Å². The topological polar surface area (TPSA) is 49.4 Å². The first-order chi connectivity index (χ1) is 13.3. The van der Waals surface area contributed by atoms with E-state index in [1.165, 1.54) is 0 Å². The minimum Gasteiger partial charge on any atom is -0.348 e. The van der Waals surface area contributed by atoms with Crippen molar-refractivity contribution >= 4 is 23.4 Å². The molecular weight excluding hydrogens is 372 g/mol. The summed E-state index contributed by atoms with van der Waals surface area (Å²) >= 11 is 6.08. The third kappa shape index (κ3) is 4.74. The number of nitrogens with one attached hydrogen (secondary N) is 1. The first-order valence-electron chi connectivity index (χ1n) is 9.77. The zero-order chi connectivity index (χ0) is 20.3. The van der Waals surface area contributed by atoms with Crippen molar-refractivity contribution in [3.05, 3.63) is 70.2 Å². The lowest BCUT2D eigenvalue weighted by Crippen LogP contribution is -2.53. The molecule has 2 unspecified atom stereocenters. The van der Waals surface area contributed by atoms with Crippen LogP contribution < -0.4 is 5.32 Å². The summed E-state index contributed by atoms with van der Waals surface area (Å²) in [5.74, 6) is 0.151. The lowest BCUT2D eigenvalue weighted by molar-refractivity contribution is -0.142. The zero-order valence-corrected chi connectivity index (χ0v) is 17.4. The molecule has 0 radical (unpaired) electrons. The van der Waals surface area contributed by atoms with Crippen LogP contribution in [-0.4, -0.2) is 22.8 Å². The van der Waals surface area contributed by atoms with Gasteiger partial charge in [-0.1, -0.05) is 61.8 Å². The minimum atomic E-state index is -0.497. The summed E-state index contributed by atoms with van der Waals surface area (Å²) in [7, 11) is 0. The van der Waals surface area contributed by atoms with Gasteiger partial charge in [0, 0.05) is 24.4 Å². The average molecular weight is 399 g/mol. The number of nitrogens with zero attached hydrogens (tertiary/aromatic N) is 1. The van der Waals surface area contributed by atoms with E-state index >= 15 is 0 Å². The third-order valence-corrected chi connectivity index (χ3v) is 5.40. The second-order valence-corrected chi connectivity index (χ2v) is 8.33. The molecule has 0 bridgehead atoms. The van der Waals surface area contributed by atoms with Gasteiger partial charge in [0.05, 0.1) is 6.04 Å². The van der Waals surface area contributed by atoms with Crippen molar-refractivity contribution in [2.75, 3.05) is 0 Å². The van der Waals surface area contributed by atoms with Gasteiger partial charge < -0.3 is 10.2 Å². The van der Waals surface area contributed by atoms with E-state index in [0.29, 0.717) is 24.4 Å². The van der Waals surface area contributed by atoms with E-state index in [-0.39, 0.29) is 23.8 Å². The number of fused-ring (bicyclic) bond motifs is 1. The van der Waals surface area contributed by atoms with Crippen LogP contribution in [-0.2, 0) is 22.6 Å². The molecular formula is C23H27ClN2O2. The molecule has 0 spiro atoms. The zero-order valence-electron chi connectivity index (χ0n) is 16.6. The molecule has 1 aliphatic heterocycles. The van der Waals surface area contributed by atoms with Gasteiger partial charge in [0.15, 0.2) is 0 Å². The predicted molar refractivity (Wildman–Crippen MR) is 112 cm³/mol. The molecule has 1 N–H and O–H groups in total. The summed E-state index contributed by atoms with van der Waals surface area (Å²) in [5, 5.41) is 3.71. The van der Waals surface area contributed by atoms with Crippen LogP contribution in [0.4, 0.5) is 0 Å². The van der Waals surface area contributed by atoms with Gasteiger partial charge >= 0.3 is 0 Å². The van der Waals surface area contributed by atoms with Crippen LogP contribution in [0.5, 0.6) is 0 Å². The Morgan fingerprint density at radius 2 is 1.82 bits per heavy atom. The van der Waals surface area contributed by atoms with Crippen molar-refractivity contribution in [1.29, 1.82) is 0 Å². The van der Waals surface area contributed by atoms with E-state index in [2.05, 4.69) is 5.32 Å². The monoisotopic (exact) mass is 398 g/mol.